The van der Waals surface area contributed by atoms with Crippen LogP contribution in [-0.4, -0.2) is 31.9 Å². The third-order valence-corrected chi connectivity index (χ3v) is 4.41. The van der Waals surface area contributed by atoms with Crippen LogP contribution in [0.25, 0.3) is 11.0 Å². The quantitative estimate of drug-likeness (QED) is 0.766. The van der Waals surface area contributed by atoms with E-state index in [9.17, 15) is 14.7 Å². The molecule has 0 fully saturated rings. The molecule has 1 aliphatic heterocycles. The lowest BCUT2D eigenvalue weighted by atomic mass is 10.1. The molecule has 3 aromatic rings. The summed E-state index contributed by atoms with van der Waals surface area (Å²) in [6, 6.07) is 10.3. The average molecular weight is 342 g/mol. The summed E-state index contributed by atoms with van der Waals surface area (Å²) in [5.74, 6) is -0.638. The maximum Gasteiger partial charge on any atom is 0.337 e. The lowest BCUT2D eigenvalue weighted by molar-refractivity contribution is 0.0697. The number of carboxylic acid groups (broad SMARTS) is 1. The Morgan fingerprint density at radius 2 is 2.08 bits per heavy atom. The fourth-order valence-corrected chi connectivity index (χ4v) is 3.29. The van der Waals surface area contributed by atoms with Gasteiger partial charge < -0.3 is 15.0 Å². The van der Waals surface area contributed by atoms with Crippen molar-refractivity contribution in [1.82, 2.24) is 14.9 Å². The maximum atomic E-state index is 12.5. The average Bonchev–Trinajstić information content (AvgIpc) is 3.09. The summed E-state index contributed by atoms with van der Waals surface area (Å²) >= 11 is 6.12. The number of hydrogen-bond donors (Lipinski definition) is 2. The summed E-state index contributed by atoms with van der Waals surface area (Å²) in [5.41, 5.74) is 2.57. The van der Waals surface area contributed by atoms with Crippen molar-refractivity contribution < 1.29 is 14.7 Å². The van der Waals surface area contributed by atoms with Gasteiger partial charge in [-0.15, -0.1) is 0 Å². The summed E-state index contributed by atoms with van der Waals surface area (Å²) < 4.78 is 0. The largest absolute Gasteiger partial charge is 0.478 e. The number of aromatic nitrogens is 2. The van der Waals surface area contributed by atoms with Crippen molar-refractivity contribution in [2.75, 3.05) is 0 Å². The van der Waals surface area contributed by atoms with E-state index in [0.29, 0.717) is 34.0 Å². The molecule has 1 aliphatic rings. The van der Waals surface area contributed by atoms with Gasteiger partial charge in [0.15, 0.2) is 0 Å². The number of benzene rings is 2. The number of carbonyl (C=O) groups excluding carboxylic acids is 1. The van der Waals surface area contributed by atoms with E-state index in [1.165, 1.54) is 6.07 Å². The van der Waals surface area contributed by atoms with Gasteiger partial charge in [-0.05, 0) is 23.8 Å². The first-order valence-corrected chi connectivity index (χ1v) is 7.70. The zero-order valence-corrected chi connectivity index (χ0v) is 13.2. The topological polar surface area (TPSA) is 86.3 Å². The molecule has 0 saturated heterocycles. The fraction of sp³-hybridized carbons (Fsp3) is 0.118. The van der Waals surface area contributed by atoms with Gasteiger partial charge in [0.05, 0.1) is 28.2 Å². The highest BCUT2D eigenvalue weighted by atomic mass is 35.5. The van der Waals surface area contributed by atoms with E-state index < -0.39 is 5.97 Å². The number of aromatic amines is 1. The highest BCUT2D eigenvalue weighted by Gasteiger charge is 2.30. The van der Waals surface area contributed by atoms with Crippen molar-refractivity contribution in [3.05, 3.63) is 63.9 Å². The predicted octanol–water partition coefficient (Wildman–Crippen LogP) is 3.07. The number of rotatable bonds is 3. The number of carboxylic acids is 1. The highest BCUT2D eigenvalue weighted by Crippen LogP contribution is 2.30. The second-order valence-corrected chi connectivity index (χ2v) is 6.03. The first-order valence-electron chi connectivity index (χ1n) is 7.32. The molecule has 1 amide bonds. The number of fused-ring (bicyclic) bond motifs is 2. The number of H-pyrrole nitrogens is 1. The predicted molar refractivity (Wildman–Crippen MR) is 88.1 cm³/mol. The molecule has 0 atom stereocenters. The molecule has 6 nitrogen and oxygen atoms in total. The molecule has 2 N–H and O–H groups in total. The SMILES string of the molecule is O=C(O)c1cccc2[nH]c(CN3Cc4cccc(Cl)c4C3=O)nc12. The molecule has 1 aromatic heterocycles. The number of nitrogens with zero attached hydrogens (tertiary/aromatic N) is 2. The molecule has 2 heterocycles. The monoisotopic (exact) mass is 341 g/mol. The van der Waals surface area contributed by atoms with Crippen molar-refractivity contribution in [2.24, 2.45) is 0 Å². The molecule has 0 radical (unpaired) electrons. The van der Waals surface area contributed by atoms with Gasteiger partial charge in [0.2, 0.25) is 0 Å². The van der Waals surface area contributed by atoms with Crippen molar-refractivity contribution in [1.29, 1.82) is 0 Å². The fourth-order valence-electron chi connectivity index (χ4n) is 3.01. The summed E-state index contributed by atoms with van der Waals surface area (Å²) in [6.45, 7) is 0.717. The summed E-state index contributed by atoms with van der Waals surface area (Å²) in [5, 5.41) is 9.68. The first kappa shape index (κ1) is 14.7. The molecule has 0 spiro atoms. The van der Waals surface area contributed by atoms with Crippen LogP contribution in [0, 0.1) is 0 Å². The number of nitrogens with one attached hydrogen (secondary N) is 1. The normalized spacial score (nSPS) is 13.5. The van der Waals surface area contributed by atoms with Crippen molar-refractivity contribution in [3.63, 3.8) is 0 Å². The Kier molecular flexibility index (Phi) is 3.28. The van der Waals surface area contributed by atoms with Gasteiger partial charge in [0.25, 0.3) is 5.91 Å². The lowest BCUT2D eigenvalue weighted by Crippen LogP contribution is -2.24. The number of amides is 1. The minimum Gasteiger partial charge on any atom is -0.478 e. The Morgan fingerprint density at radius 3 is 2.83 bits per heavy atom. The molecule has 120 valence electrons. The van der Waals surface area contributed by atoms with Gasteiger partial charge in [0, 0.05) is 6.54 Å². The third-order valence-electron chi connectivity index (χ3n) is 4.09. The highest BCUT2D eigenvalue weighted by molar-refractivity contribution is 6.34. The molecule has 2 aromatic carbocycles. The summed E-state index contributed by atoms with van der Waals surface area (Å²) in [4.78, 5) is 32.9. The molecule has 4 rings (SSSR count). The third kappa shape index (κ3) is 2.23. The van der Waals surface area contributed by atoms with E-state index in [4.69, 9.17) is 11.6 Å². The van der Waals surface area contributed by atoms with Crippen molar-refractivity contribution in [2.45, 2.75) is 13.1 Å². The minimum absolute atomic E-state index is 0.133. The van der Waals surface area contributed by atoms with E-state index in [0.717, 1.165) is 5.56 Å². The van der Waals surface area contributed by atoms with Crippen molar-refractivity contribution >= 4 is 34.5 Å². The Balaban J connectivity index is 1.67. The molecule has 0 saturated carbocycles. The zero-order valence-electron chi connectivity index (χ0n) is 12.4. The van der Waals surface area contributed by atoms with Crippen LogP contribution < -0.4 is 0 Å². The number of imidazole rings is 1. The van der Waals surface area contributed by atoms with Crippen LogP contribution in [0.3, 0.4) is 0 Å². The molecular weight excluding hydrogens is 330 g/mol. The van der Waals surface area contributed by atoms with Gasteiger partial charge in [-0.3, -0.25) is 4.79 Å². The number of aromatic carboxylic acids is 1. The van der Waals surface area contributed by atoms with Crippen LogP contribution in [-0.2, 0) is 13.1 Å². The lowest BCUT2D eigenvalue weighted by Gasteiger charge is -2.13. The number of hydrogen-bond acceptors (Lipinski definition) is 3. The smallest absolute Gasteiger partial charge is 0.337 e. The van der Waals surface area contributed by atoms with Crippen LogP contribution in [0.4, 0.5) is 0 Å². The standard InChI is InChI=1S/C17H12ClN3O3/c18-11-5-1-3-9-7-21(16(22)14(9)11)8-13-19-12-6-2-4-10(17(23)24)15(12)20-13/h1-6H,7-8H2,(H,19,20)(H,23,24). The van der Waals surface area contributed by atoms with E-state index >= 15 is 0 Å². The molecule has 0 unspecified atom stereocenters. The van der Waals surface area contributed by atoms with E-state index in [-0.39, 0.29) is 18.0 Å². The summed E-state index contributed by atoms with van der Waals surface area (Å²) in [7, 11) is 0. The molecule has 0 aliphatic carbocycles. The van der Waals surface area contributed by atoms with Gasteiger partial charge in [-0.1, -0.05) is 29.8 Å². The van der Waals surface area contributed by atoms with E-state index in [2.05, 4.69) is 9.97 Å². The van der Waals surface area contributed by atoms with Crippen molar-refractivity contribution in [3.8, 4) is 0 Å². The Hall–Kier alpha value is -2.86. The van der Waals surface area contributed by atoms with Gasteiger partial charge in [-0.2, -0.15) is 0 Å². The van der Waals surface area contributed by atoms with Crippen LogP contribution in [0.2, 0.25) is 5.02 Å². The van der Waals surface area contributed by atoms with Crippen LogP contribution >= 0.6 is 11.6 Å². The first-order chi connectivity index (χ1) is 11.5. The molecule has 7 heteroatoms. The van der Waals surface area contributed by atoms with Crippen LogP contribution in [0.5, 0.6) is 0 Å². The maximum absolute atomic E-state index is 12.5. The Bertz CT molecular complexity index is 996. The molecule has 0 bridgehead atoms. The van der Waals surface area contributed by atoms with Gasteiger partial charge in [0.1, 0.15) is 11.3 Å². The Morgan fingerprint density at radius 1 is 1.29 bits per heavy atom. The number of halogens is 1. The van der Waals surface area contributed by atoms with E-state index in [1.807, 2.05) is 12.1 Å². The van der Waals surface area contributed by atoms with Gasteiger partial charge >= 0.3 is 5.97 Å². The zero-order chi connectivity index (χ0) is 16.8. The number of carbonyl (C=O) groups is 2. The Labute approximate surface area is 141 Å². The van der Waals surface area contributed by atoms with Gasteiger partial charge in [-0.25, -0.2) is 9.78 Å². The minimum atomic E-state index is -1.03. The molecular formula is C17H12ClN3O3. The molecule has 24 heavy (non-hydrogen) atoms. The number of para-hydroxylation sites is 1. The van der Waals surface area contributed by atoms with E-state index in [1.54, 1.807) is 23.1 Å². The second-order valence-electron chi connectivity index (χ2n) is 5.63. The van der Waals surface area contributed by atoms with Crippen LogP contribution in [0.1, 0.15) is 32.1 Å². The summed E-state index contributed by atoms with van der Waals surface area (Å²) in [6.07, 6.45) is 0. The second kappa shape index (κ2) is 5.35. The van der Waals surface area contributed by atoms with Crippen LogP contribution in [0.15, 0.2) is 36.4 Å².